The van der Waals surface area contributed by atoms with Crippen molar-refractivity contribution in [3.8, 4) is 11.5 Å². The maximum absolute atomic E-state index is 10.0. The molecule has 3 nitrogen and oxygen atoms in total. The molecule has 1 aliphatic carbocycles. The van der Waals surface area contributed by atoms with Gasteiger partial charge in [-0.25, -0.2) is 0 Å². The highest BCUT2D eigenvalue weighted by Crippen LogP contribution is 2.28. The van der Waals surface area contributed by atoms with Crippen LogP contribution in [0.15, 0.2) is 24.3 Å². The van der Waals surface area contributed by atoms with Gasteiger partial charge in [0.2, 0.25) is 0 Å². The van der Waals surface area contributed by atoms with E-state index in [0.717, 1.165) is 37.4 Å². The molecule has 3 heteroatoms. The van der Waals surface area contributed by atoms with Gasteiger partial charge in [0.1, 0.15) is 18.1 Å². The van der Waals surface area contributed by atoms with E-state index in [1.54, 1.807) is 0 Å². The fraction of sp³-hybridized carbons (Fsp3) is 0.625. The first-order chi connectivity index (χ1) is 9.29. The number of hydrogen-bond acceptors (Lipinski definition) is 3. The lowest BCUT2D eigenvalue weighted by molar-refractivity contribution is 0.0593. The lowest BCUT2D eigenvalue weighted by Crippen LogP contribution is -2.25. The van der Waals surface area contributed by atoms with E-state index in [-0.39, 0.29) is 6.10 Å². The summed E-state index contributed by atoms with van der Waals surface area (Å²) in [6.07, 6.45) is 5.42. The van der Waals surface area contributed by atoms with Crippen LogP contribution in [0.4, 0.5) is 0 Å². The van der Waals surface area contributed by atoms with Crippen LogP contribution in [0.3, 0.4) is 0 Å². The van der Waals surface area contributed by atoms with Crippen molar-refractivity contribution in [3.63, 3.8) is 0 Å². The first-order valence-corrected chi connectivity index (χ1v) is 7.33. The van der Waals surface area contributed by atoms with Crippen molar-refractivity contribution >= 4 is 0 Å². The molecular weight excluding hydrogens is 240 g/mol. The standard InChI is InChI=1S/C16H24O3/c1-2-11-18-14-7-9-15(10-8-14)19-12-16(17)13-5-3-4-6-13/h7-10,13,16-17H,2-6,11-12H2,1H3. The van der Waals surface area contributed by atoms with Gasteiger partial charge in [-0.3, -0.25) is 0 Å². The van der Waals surface area contributed by atoms with E-state index in [2.05, 4.69) is 6.92 Å². The summed E-state index contributed by atoms with van der Waals surface area (Å²) in [6, 6.07) is 7.61. The molecule has 1 fully saturated rings. The van der Waals surface area contributed by atoms with Gasteiger partial charge in [0, 0.05) is 0 Å². The van der Waals surface area contributed by atoms with E-state index in [4.69, 9.17) is 9.47 Å². The summed E-state index contributed by atoms with van der Waals surface area (Å²) in [6.45, 7) is 3.21. The van der Waals surface area contributed by atoms with Crippen LogP contribution in [0.2, 0.25) is 0 Å². The predicted molar refractivity (Wildman–Crippen MR) is 75.7 cm³/mol. The lowest BCUT2D eigenvalue weighted by atomic mass is 10.0. The van der Waals surface area contributed by atoms with Crippen molar-refractivity contribution in [2.45, 2.75) is 45.1 Å². The summed E-state index contributed by atoms with van der Waals surface area (Å²) in [5.41, 5.74) is 0. The highest BCUT2D eigenvalue weighted by Gasteiger charge is 2.23. The van der Waals surface area contributed by atoms with Crippen molar-refractivity contribution in [1.29, 1.82) is 0 Å². The van der Waals surface area contributed by atoms with Gasteiger partial charge in [-0.05, 0) is 49.4 Å². The van der Waals surface area contributed by atoms with E-state index < -0.39 is 0 Å². The molecule has 0 radical (unpaired) electrons. The van der Waals surface area contributed by atoms with Crippen molar-refractivity contribution in [2.24, 2.45) is 5.92 Å². The van der Waals surface area contributed by atoms with E-state index in [0.29, 0.717) is 12.5 Å². The normalized spacial score (nSPS) is 17.4. The average Bonchev–Trinajstić information content (AvgIpc) is 2.98. The van der Waals surface area contributed by atoms with E-state index in [1.807, 2.05) is 24.3 Å². The Balaban J connectivity index is 1.75. The molecule has 0 saturated heterocycles. The van der Waals surface area contributed by atoms with Crippen LogP contribution in [0.25, 0.3) is 0 Å². The molecule has 1 N–H and O–H groups in total. The number of benzene rings is 1. The summed E-state index contributed by atoms with van der Waals surface area (Å²) >= 11 is 0. The molecular formula is C16H24O3. The number of aliphatic hydroxyl groups excluding tert-OH is 1. The SMILES string of the molecule is CCCOc1ccc(OCC(O)C2CCCC2)cc1. The quantitative estimate of drug-likeness (QED) is 0.820. The zero-order valence-corrected chi connectivity index (χ0v) is 11.7. The second-order valence-corrected chi connectivity index (χ2v) is 5.24. The van der Waals surface area contributed by atoms with Gasteiger partial charge >= 0.3 is 0 Å². The van der Waals surface area contributed by atoms with Crippen LogP contribution in [0.5, 0.6) is 11.5 Å². The maximum Gasteiger partial charge on any atom is 0.119 e. The lowest BCUT2D eigenvalue weighted by Gasteiger charge is -2.18. The molecule has 1 unspecified atom stereocenters. The molecule has 19 heavy (non-hydrogen) atoms. The largest absolute Gasteiger partial charge is 0.494 e. The van der Waals surface area contributed by atoms with Crippen LogP contribution in [-0.2, 0) is 0 Å². The Hall–Kier alpha value is -1.22. The third-order valence-electron chi connectivity index (χ3n) is 3.66. The Labute approximate surface area is 115 Å². The highest BCUT2D eigenvalue weighted by molar-refractivity contribution is 5.31. The van der Waals surface area contributed by atoms with Crippen molar-refractivity contribution in [1.82, 2.24) is 0 Å². The number of rotatable bonds is 7. The fourth-order valence-corrected chi connectivity index (χ4v) is 2.51. The zero-order chi connectivity index (χ0) is 13.5. The average molecular weight is 264 g/mol. The second-order valence-electron chi connectivity index (χ2n) is 5.24. The van der Waals surface area contributed by atoms with Crippen molar-refractivity contribution in [2.75, 3.05) is 13.2 Å². The van der Waals surface area contributed by atoms with Crippen molar-refractivity contribution in [3.05, 3.63) is 24.3 Å². The maximum atomic E-state index is 10.0. The Kier molecular flexibility index (Phi) is 5.52. The molecule has 106 valence electrons. The number of ether oxygens (including phenoxy) is 2. The molecule has 1 aliphatic rings. The minimum atomic E-state index is -0.335. The second kappa shape index (κ2) is 7.39. The summed E-state index contributed by atoms with van der Waals surface area (Å²) < 4.78 is 11.1. The minimum absolute atomic E-state index is 0.335. The van der Waals surface area contributed by atoms with Crippen LogP contribution in [-0.4, -0.2) is 24.4 Å². The van der Waals surface area contributed by atoms with Gasteiger partial charge in [0.05, 0.1) is 12.7 Å². The first kappa shape index (κ1) is 14.2. The minimum Gasteiger partial charge on any atom is -0.494 e. The molecule has 0 aliphatic heterocycles. The smallest absolute Gasteiger partial charge is 0.119 e. The highest BCUT2D eigenvalue weighted by atomic mass is 16.5. The molecule has 1 atom stereocenters. The Morgan fingerprint density at radius 2 is 1.68 bits per heavy atom. The summed E-state index contributed by atoms with van der Waals surface area (Å²) in [7, 11) is 0. The molecule has 0 amide bonds. The van der Waals surface area contributed by atoms with Gasteiger partial charge < -0.3 is 14.6 Å². The fourth-order valence-electron chi connectivity index (χ4n) is 2.51. The summed E-state index contributed by atoms with van der Waals surface area (Å²) in [4.78, 5) is 0. The van der Waals surface area contributed by atoms with E-state index in [9.17, 15) is 5.11 Å². The zero-order valence-electron chi connectivity index (χ0n) is 11.7. The van der Waals surface area contributed by atoms with Gasteiger partial charge in [0.25, 0.3) is 0 Å². The van der Waals surface area contributed by atoms with E-state index >= 15 is 0 Å². The third-order valence-corrected chi connectivity index (χ3v) is 3.66. The molecule has 2 rings (SSSR count). The molecule has 0 aromatic heterocycles. The molecule has 0 bridgehead atoms. The third kappa shape index (κ3) is 4.43. The molecule has 0 spiro atoms. The Morgan fingerprint density at radius 3 is 2.26 bits per heavy atom. The Morgan fingerprint density at radius 1 is 1.11 bits per heavy atom. The topological polar surface area (TPSA) is 38.7 Å². The van der Waals surface area contributed by atoms with Crippen LogP contribution in [0, 0.1) is 5.92 Å². The molecule has 0 heterocycles. The molecule has 1 saturated carbocycles. The van der Waals surface area contributed by atoms with Gasteiger partial charge in [-0.2, -0.15) is 0 Å². The predicted octanol–water partition coefficient (Wildman–Crippen LogP) is 3.41. The molecule has 1 aromatic rings. The van der Waals surface area contributed by atoms with Gasteiger partial charge in [0.15, 0.2) is 0 Å². The number of aliphatic hydroxyl groups is 1. The van der Waals surface area contributed by atoms with Crippen LogP contribution >= 0.6 is 0 Å². The summed E-state index contributed by atoms with van der Waals surface area (Å²) in [5, 5.41) is 10.0. The monoisotopic (exact) mass is 264 g/mol. The van der Waals surface area contributed by atoms with Gasteiger partial charge in [-0.1, -0.05) is 19.8 Å². The van der Waals surface area contributed by atoms with Crippen molar-refractivity contribution < 1.29 is 14.6 Å². The van der Waals surface area contributed by atoms with E-state index in [1.165, 1.54) is 12.8 Å². The van der Waals surface area contributed by atoms with Crippen LogP contribution < -0.4 is 9.47 Å². The molecule has 1 aromatic carbocycles. The number of hydrogen-bond donors (Lipinski definition) is 1. The van der Waals surface area contributed by atoms with Crippen LogP contribution in [0.1, 0.15) is 39.0 Å². The summed E-state index contributed by atoms with van der Waals surface area (Å²) in [5.74, 6) is 2.08. The Bertz CT molecular complexity index is 355. The first-order valence-electron chi connectivity index (χ1n) is 7.33. The van der Waals surface area contributed by atoms with Gasteiger partial charge in [-0.15, -0.1) is 0 Å².